The molecule has 1 aliphatic rings. The molecule has 2 heterocycles. The summed E-state index contributed by atoms with van der Waals surface area (Å²) < 4.78 is 10.9. The van der Waals surface area contributed by atoms with Gasteiger partial charge in [0.25, 0.3) is 5.69 Å². The van der Waals surface area contributed by atoms with Crippen molar-refractivity contribution < 1.29 is 24.0 Å². The second-order valence-electron chi connectivity index (χ2n) is 5.81. The predicted octanol–water partition coefficient (Wildman–Crippen LogP) is 4.49. The van der Waals surface area contributed by atoms with Crippen molar-refractivity contribution in [3.8, 4) is 11.5 Å². The second kappa shape index (κ2) is 7.09. The van der Waals surface area contributed by atoms with Crippen LogP contribution in [0.15, 0.2) is 65.7 Å². The molecule has 0 spiro atoms. The number of rotatable bonds is 4. The lowest BCUT2D eigenvalue weighted by Gasteiger charge is -2.05. The van der Waals surface area contributed by atoms with E-state index in [0.717, 1.165) is 4.88 Å². The molecule has 0 saturated carbocycles. The minimum Gasteiger partial charge on any atom is -0.452 e. The Hall–Kier alpha value is -3.78. The van der Waals surface area contributed by atoms with E-state index in [2.05, 4.69) is 0 Å². The van der Waals surface area contributed by atoms with Crippen molar-refractivity contribution >= 4 is 34.9 Å². The van der Waals surface area contributed by atoms with Gasteiger partial charge in [0.05, 0.1) is 16.1 Å². The maximum Gasteiger partial charge on any atom is 0.343 e. The monoisotopic (exact) mass is 393 g/mol. The third kappa shape index (κ3) is 3.40. The zero-order valence-corrected chi connectivity index (χ0v) is 15.0. The molecule has 28 heavy (non-hydrogen) atoms. The van der Waals surface area contributed by atoms with Crippen molar-refractivity contribution in [2.24, 2.45) is 0 Å². The first-order valence-electron chi connectivity index (χ1n) is 8.10. The van der Waals surface area contributed by atoms with Crippen LogP contribution < -0.4 is 9.47 Å². The normalized spacial score (nSPS) is 13.9. The summed E-state index contributed by atoms with van der Waals surface area (Å²) in [6.45, 7) is 0. The molecule has 1 aliphatic heterocycles. The molecule has 4 rings (SSSR count). The van der Waals surface area contributed by atoms with Crippen LogP contribution >= 0.6 is 11.3 Å². The van der Waals surface area contributed by atoms with Crippen LogP contribution in [0.25, 0.3) is 6.08 Å². The van der Waals surface area contributed by atoms with Gasteiger partial charge in [-0.15, -0.1) is 11.3 Å². The second-order valence-corrected chi connectivity index (χ2v) is 6.79. The number of allylic oxidation sites excluding steroid dienone is 1. The number of nitrogens with zero attached hydrogens (tertiary/aromatic N) is 1. The third-order valence-corrected chi connectivity index (χ3v) is 4.80. The number of hydrogen-bond donors (Lipinski definition) is 0. The van der Waals surface area contributed by atoms with E-state index >= 15 is 0 Å². The first-order valence-corrected chi connectivity index (χ1v) is 8.98. The Bertz CT molecular complexity index is 1120. The molecule has 0 radical (unpaired) electrons. The molecule has 0 saturated heterocycles. The van der Waals surface area contributed by atoms with Gasteiger partial charge >= 0.3 is 5.97 Å². The molecule has 0 unspecified atom stereocenters. The van der Waals surface area contributed by atoms with Crippen molar-refractivity contribution in [1.82, 2.24) is 0 Å². The highest BCUT2D eigenvalue weighted by molar-refractivity contribution is 7.10. The number of carbonyl (C=O) groups excluding carboxylic acids is 2. The maximum absolute atomic E-state index is 12.4. The minimum absolute atomic E-state index is 0.119. The molecule has 8 heteroatoms. The highest BCUT2D eigenvalue weighted by atomic mass is 32.1. The number of Topliss-reactive ketones (excluding diaryl/α,β-unsaturated/α-hetero) is 1. The average Bonchev–Trinajstić information content (AvgIpc) is 3.30. The molecule has 0 amide bonds. The van der Waals surface area contributed by atoms with Crippen molar-refractivity contribution in [3.63, 3.8) is 0 Å². The van der Waals surface area contributed by atoms with E-state index in [1.807, 2.05) is 17.5 Å². The van der Waals surface area contributed by atoms with Crippen LogP contribution in [0.1, 0.15) is 25.6 Å². The maximum atomic E-state index is 12.4. The molecule has 0 fully saturated rings. The van der Waals surface area contributed by atoms with E-state index in [9.17, 15) is 19.7 Å². The van der Waals surface area contributed by atoms with E-state index in [0.29, 0.717) is 11.3 Å². The summed E-state index contributed by atoms with van der Waals surface area (Å²) in [7, 11) is 0. The fourth-order valence-corrected chi connectivity index (χ4v) is 3.27. The molecule has 0 aliphatic carbocycles. The Labute approximate surface area is 162 Å². The van der Waals surface area contributed by atoms with Crippen LogP contribution in [0.3, 0.4) is 0 Å². The molecular formula is C20H11NO6S. The van der Waals surface area contributed by atoms with Gasteiger partial charge in [0.1, 0.15) is 11.5 Å². The molecule has 0 atom stereocenters. The smallest absolute Gasteiger partial charge is 0.343 e. The van der Waals surface area contributed by atoms with Gasteiger partial charge in [0.2, 0.25) is 5.78 Å². The molecule has 0 bridgehead atoms. The van der Waals surface area contributed by atoms with Gasteiger partial charge in [-0.05, 0) is 35.7 Å². The number of carbonyl (C=O) groups is 2. The van der Waals surface area contributed by atoms with E-state index in [-0.39, 0.29) is 28.5 Å². The van der Waals surface area contributed by atoms with E-state index in [1.165, 1.54) is 53.8 Å². The Morgan fingerprint density at radius 1 is 1.14 bits per heavy atom. The van der Waals surface area contributed by atoms with Crippen molar-refractivity contribution in [3.05, 3.63) is 91.9 Å². The highest BCUT2D eigenvalue weighted by Gasteiger charge is 2.28. The molecular weight excluding hydrogens is 382 g/mol. The summed E-state index contributed by atoms with van der Waals surface area (Å²) in [5.74, 6) is -0.199. The molecule has 1 aromatic heterocycles. The van der Waals surface area contributed by atoms with E-state index in [1.54, 1.807) is 6.08 Å². The Morgan fingerprint density at radius 3 is 2.61 bits per heavy atom. The van der Waals surface area contributed by atoms with Gasteiger partial charge in [0.15, 0.2) is 5.76 Å². The average molecular weight is 393 g/mol. The molecule has 0 N–H and O–H groups in total. The Morgan fingerprint density at radius 2 is 1.93 bits per heavy atom. The number of hydrogen-bond acceptors (Lipinski definition) is 7. The number of fused-ring (bicyclic) bond motifs is 1. The number of ketones is 1. The van der Waals surface area contributed by atoms with E-state index in [4.69, 9.17) is 9.47 Å². The first kappa shape index (κ1) is 17.6. The largest absolute Gasteiger partial charge is 0.452 e. The van der Waals surface area contributed by atoms with Gasteiger partial charge < -0.3 is 9.47 Å². The standard InChI is InChI=1S/C20H11NO6S/c22-19-16-8-7-14(10-17(16)27-18(19)11-15-2-1-9-28-15)26-20(23)12-3-5-13(6-4-12)21(24)25/h1-11H/b18-11+. The summed E-state index contributed by atoms with van der Waals surface area (Å²) in [6.07, 6.45) is 1.66. The predicted molar refractivity (Wildman–Crippen MR) is 102 cm³/mol. The summed E-state index contributed by atoms with van der Waals surface area (Å²) in [4.78, 5) is 35.7. The summed E-state index contributed by atoms with van der Waals surface area (Å²) in [6, 6.07) is 13.3. The molecule has 2 aromatic carbocycles. The molecule has 7 nitrogen and oxygen atoms in total. The number of ether oxygens (including phenoxy) is 2. The molecule has 3 aromatic rings. The van der Waals surface area contributed by atoms with Gasteiger partial charge in [-0.1, -0.05) is 6.07 Å². The lowest BCUT2D eigenvalue weighted by Crippen LogP contribution is -2.08. The topological polar surface area (TPSA) is 95.7 Å². The number of nitro groups is 1. The quantitative estimate of drug-likeness (QED) is 0.213. The summed E-state index contributed by atoms with van der Waals surface area (Å²) in [5.41, 5.74) is 0.436. The zero-order valence-electron chi connectivity index (χ0n) is 14.2. The number of thiophene rings is 1. The Kier molecular flexibility index (Phi) is 4.46. The van der Waals surface area contributed by atoms with Crippen molar-refractivity contribution in [1.29, 1.82) is 0 Å². The number of nitro benzene ring substituents is 1. The van der Waals surface area contributed by atoms with Crippen LogP contribution in [-0.2, 0) is 0 Å². The third-order valence-electron chi connectivity index (χ3n) is 3.98. The van der Waals surface area contributed by atoms with E-state index < -0.39 is 10.9 Å². The summed E-state index contributed by atoms with van der Waals surface area (Å²) in [5, 5.41) is 12.6. The van der Waals surface area contributed by atoms with Crippen molar-refractivity contribution in [2.75, 3.05) is 0 Å². The number of benzene rings is 2. The lowest BCUT2D eigenvalue weighted by molar-refractivity contribution is -0.384. The van der Waals surface area contributed by atoms with Gasteiger partial charge in [-0.2, -0.15) is 0 Å². The fourth-order valence-electron chi connectivity index (χ4n) is 2.62. The van der Waals surface area contributed by atoms with Crippen LogP contribution in [0, 0.1) is 10.1 Å². The molecule has 138 valence electrons. The van der Waals surface area contributed by atoms with Gasteiger partial charge in [-0.3, -0.25) is 14.9 Å². The first-order chi connectivity index (χ1) is 13.5. The highest BCUT2D eigenvalue weighted by Crippen LogP contribution is 2.35. The van der Waals surface area contributed by atoms with Crippen LogP contribution in [0.4, 0.5) is 5.69 Å². The Balaban J connectivity index is 1.52. The van der Waals surface area contributed by atoms with Gasteiger partial charge in [-0.25, -0.2) is 4.79 Å². The minimum atomic E-state index is -0.673. The van der Waals surface area contributed by atoms with Crippen LogP contribution in [0.5, 0.6) is 11.5 Å². The summed E-state index contributed by atoms with van der Waals surface area (Å²) >= 11 is 1.48. The van der Waals surface area contributed by atoms with Crippen molar-refractivity contribution in [2.45, 2.75) is 0 Å². The van der Waals surface area contributed by atoms with Crippen LogP contribution in [0.2, 0.25) is 0 Å². The zero-order chi connectivity index (χ0) is 19.7. The SMILES string of the molecule is O=C(Oc1ccc2c(c1)O/C(=C/c1cccs1)C2=O)c1ccc([N+](=O)[O-])cc1. The lowest BCUT2D eigenvalue weighted by atomic mass is 10.1. The number of non-ortho nitro benzene ring substituents is 1. The van der Waals surface area contributed by atoms with Gasteiger partial charge in [0, 0.05) is 29.2 Å². The van der Waals surface area contributed by atoms with Crippen LogP contribution in [-0.4, -0.2) is 16.7 Å². The fraction of sp³-hybridized carbons (Fsp3) is 0. The number of esters is 1.